The van der Waals surface area contributed by atoms with Crippen LogP contribution in [0, 0.1) is 6.92 Å². The molecule has 0 radical (unpaired) electrons. The molecule has 0 atom stereocenters. The highest BCUT2D eigenvalue weighted by Gasteiger charge is 2.15. The first-order valence-corrected chi connectivity index (χ1v) is 10.8. The molecular weight excluding hydrogens is 410 g/mol. The van der Waals surface area contributed by atoms with Crippen LogP contribution in [0.15, 0.2) is 82.7 Å². The molecule has 0 bridgehead atoms. The molecule has 0 fully saturated rings. The van der Waals surface area contributed by atoms with E-state index in [1.165, 1.54) is 11.8 Å². The highest BCUT2D eigenvalue weighted by molar-refractivity contribution is 7.99. The molecule has 0 unspecified atom stereocenters. The van der Waals surface area contributed by atoms with Crippen LogP contribution in [0.1, 0.15) is 11.3 Å². The smallest absolute Gasteiger partial charge is 0.234 e. The molecule has 31 heavy (non-hydrogen) atoms. The number of thioether (sulfide) groups is 1. The third-order valence-electron chi connectivity index (χ3n) is 4.77. The second-order valence-electron chi connectivity index (χ2n) is 7.02. The third kappa shape index (κ3) is 5.19. The van der Waals surface area contributed by atoms with Crippen LogP contribution < -0.4 is 10.1 Å². The van der Waals surface area contributed by atoms with Crippen LogP contribution in [0.3, 0.4) is 0 Å². The molecule has 1 amide bonds. The first kappa shape index (κ1) is 20.8. The molecule has 6 nitrogen and oxygen atoms in total. The summed E-state index contributed by atoms with van der Waals surface area (Å²) in [6.45, 7) is 2.54. The average molecular weight is 434 g/mol. The van der Waals surface area contributed by atoms with E-state index >= 15 is 0 Å². The van der Waals surface area contributed by atoms with E-state index in [4.69, 9.17) is 9.15 Å². The van der Waals surface area contributed by atoms with Gasteiger partial charge in [0, 0.05) is 11.3 Å². The fraction of sp³-hybridized carbons (Fsp3) is 0.167. The Morgan fingerprint density at radius 2 is 1.90 bits per heavy atom. The van der Waals surface area contributed by atoms with Gasteiger partial charge in [-0.2, -0.15) is 0 Å². The minimum Gasteiger partial charge on any atom is -0.497 e. The summed E-state index contributed by atoms with van der Waals surface area (Å²) in [5.41, 5.74) is 3.89. The zero-order valence-corrected chi connectivity index (χ0v) is 18.2. The Bertz CT molecular complexity index is 1130. The Hall–Kier alpha value is -3.45. The van der Waals surface area contributed by atoms with Crippen molar-refractivity contribution in [2.75, 3.05) is 18.2 Å². The highest BCUT2D eigenvalue weighted by atomic mass is 32.2. The lowest BCUT2D eigenvalue weighted by molar-refractivity contribution is -0.113. The van der Waals surface area contributed by atoms with E-state index in [-0.39, 0.29) is 11.7 Å². The van der Waals surface area contributed by atoms with Gasteiger partial charge >= 0.3 is 0 Å². The van der Waals surface area contributed by atoms with Crippen molar-refractivity contribution in [1.82, 2.24) is 9.55 Å². The number of hydrogen-bond acceptors (Lipinski definition) is 5. The molecule has 0 spiro atoms. The Kier molecular flexibility index (Phi) is 6.43. The number of methoxy groups -OCH3 is 1. The third-order valence-corrected chi connectivity index (χ3v) is 5.76. The van der Waals surface area contributed by atoms with Crippen molar-refractivity contribution < 1.29 is 13.9 Å². The van der Waals surface area contributed by atoms with Crippen molar-refractivity contribution in [3.05, 3.63) is 84.4 Å². The van der Waals surface area contributed by atoms with Gasteiger partial charge in [-0.25, -0.2) is 4.98 Å². The van der Waals surface area contributed by atoms with E-state index in [9.17, 15) is 4.79 Å². The summed E-state index contributed by atoms with van der Waals surface area (Å²) >= 11 is 1.40. The van der Waals surface area contributed by atoms with Crippen molar-refractivity contribution in [3.63, 3.8) is 0 Å². The van der Waals surface area contributed by atoms with Crippen molar-refractivity contribution in [2.45, 2.75) is 18.6 Å². The van der Waals surface area contributed by atoms with E-state index < -0.39 is 0 Å². The number of aryl methyl sites for hydroxylation is 1. The molecule has 0 aliphatic heterocycles. The van der Waals surface area contributed by atoms with E-state index in [1.807, 2.05) is 73.8 Å². The molecule has 4 rings (SSSR count). The zero-order valence-electron chi connectivity index (χ0n) is 17.4. The summed E-state index contributed by atoms with van der Waals surface area (Å²) in [5.74, 6) is 1.79. The monoisotopic (exact) mass is 433 g/mol. The maximum absolute atomic E-state index is 12.4. The summed E-state index contributed by atoms with van der Waals surface area (Å²) in [6, 6.07) is 19.4. The maximum atomic E-state index is 12.4. The first-order chi connectivity index (χ1) is 15.1. The zero-order chi connectivity index (χ0) is 21.6. The van der Waals surface area contributed by atoms with Crippen molar-refractivity contribution >= 4 is 23.4 Å². The summed E-state index contributed by atoms with van der Waals surface area (Å²) in [7, 11) is 1.65. The Morgan fingerprint density at radius 1 is 1.13 bits per heavy atom. The van der Waals surface area contributed by atoms with E-state index in [2.05, 4.69) is 14.9 Å². The van der Waals surface area contributed by atoms with Crippen molar-refractivity contribution in [3.8, 4) is 17.0 Å². The number of nitrogens with one attached hydrogen (secondary N) is 1. The number of furan rings is 1. The predicted octanol–water partition coefficient (Wildman–Crippen LogP) is 5.24. The molecule has 158 valence electrons. The van der Waals surface area contributed by atoms with Gasteiger partial charge < -0.3 is 19.0 Å². The lowest BCUT2D eigenvalue weighted by Gasteiger charge is -2.11. The molecule has 2 aromatic heterocycles. The summed E-state index contributed by atoms with van der Waals surface area (Å²) in [6.07, 6.45) is 3.48. The van der Waals surface area contributed by atoms with Crippen molar-refractivity contribution in [2.24, 2.45) is 0 Å². The average Bonchev–Trinajstić information content (AvgIpc) is 3.44. The van der Waals surface area contributed by atoms with Gasteiger partial charge in [-0.05, 0) is 55.5 Å². The molecule has 0 aliphatic carbocycles. The standard InChI is InChI=1S/C24H23N3O3S/c1-17-5-9-19(10-6-17)26-23(28)16-31-24-25-14-22(18-7-11-20(29-2)12-8-18)27(24)15-21-4-3-13-30-21/h3-14H,15-16H2,1-2H3,(H,26,28). The van der Waals surface area contributed by atoms with Crippen LogP contribution in [0.5, 0.6) is 5.75 Å². The quantitative estimate of drug-likeness (QED) is 0.385. The minimum atomic E-state index is -0.0765. The molecule has 0 saturated heterocycles. The number of amides is 1. The van der Waals surface area contributed by atoms with E-state index in [1.54, 1.807) is 13.4 Å². The molecule has 4 aromatic rings. The van der Waals surface area contributed by atoms with Gasteiger partial charge in [0.05, 0.1) is 37.6 Å². The summed E-state index contributed by atoms with van der Waals surface area (Å²) < 4.78 is 12.9. The number of rotatable bonds is 8. The fourth-order valence-electron chi connectivity index (χ4n) is 3.14. The highest BCUT2D eigenvalue weighted by Crippen LogP contribution is 2.28. The van der Waals surface area contributed by atoms with Gasteiger partial charge in [-0.15, -0.1) is 0 Å². The lowest BCUT2D eigenvalue weighted by atomic mass is 10.1. The summed E-state index contributed by atoms with van der Waals surface area (Å²) in [4.78, 5) is 17.0. The van der Waals surface area contributed by atoms with Crippen LogP contribution >= 0.6 is 11.8 Å². The Morgan fingerprint density at radius 3 is 2.58 bits per heavy atom. The van der Waals surface area contributed by atoms with Crippen LogP contribution in [0.2, 0.25) is 0 Å². The van der Waals surface area contributed by atoms with Crippen LogP contribution in [0.25, 0.3) is 11.3 Å². The van der Waals surface area contributed by atoms with Crippen molar-refractivity contribution in [1.29, 1.82) is 0 Å². The van der Waals surface area contributed by atoms with Gasteiger partial charge in [0.2, 0.25) is 5.91 Å². The number of imidazole rings is 1. The Labute approximate surface area is 185 Å². The number of carbonyl (C=O) groups is 1. The van der Waals surface area contributed by atoms with Gasteiger partial charge in [-0.1, -0.05) is 29.5 Å². The van der Waals surface area contributed by atoms with Crippen LogP contribution in [-0.4, -0.2) is 28.3 Å². The van der Waals surface area contributed by atoms with Crippen LogP contribution in [-0.2, 0) is 11.3 Å². The lowest BCUT2D eigenvalue weighted by Crippen LogP contribution is -2.14. The summed E-state index contributed by atoms with van der Waals surface area (Å²) in [5, 5.41) is 3.68. The number of benzene rings is 2. The number of hydrogen-bond donors (Lipinski definition) is 1. The predicted molar refractivity (Wildman–Crippen MR) is 123 cm³/mol. The minimum absolute atomic E-state index is 0.0765. The van der Waals surface area contributed by atoms with Gasteiger partial charge in [0.25, 0.3) is 0 Å². The first-order valence-electron chi connectivity index (χ1n) is 9.84. The normalized spacial score (nSPS) is 10.8. The maximum Gasteiger partial charge on any atom is 0.234 e. The second kappa shape index (κ2) is 9.57. The Balaban J connectivity index is 1.52. The SMILES string of the molecule is COc1ccc(-c2cnc(SCC(=O)Nc3ccc(C)cc3)n2Cc2ccco2)cc1. The number of carbonyl (C=O) groups excluding carboxylic acids is 1. The van der Waals surface area contributed by atoms with E-state index in [0.717, 1.165) is 39.2 Å². The van der Waals surface area contributed by atoms with Gasteiger partial charge in [0.1, 0.15) is 11.5 Å². The second-order valence-corrected chi connectivity index (χ2v) is 7.97. The number of aromatic nitrogens is 2. The van der Waals surface area contributed by atoms with E-state index in [0.29, 0.717) is 6.54 Å². The molecule has 0 aliphatic rings. The molecule has 2 heterocycles. The molecule has 2 aromatic carbocycles. The molecule has 0 saturated carbocycles. The fourth-order valence-corrected chi connectivity index (χ4v) is 3.92. The largest absolute Gasteiger partial charge is 0.497 e. The molecule has 7 heteroatoms. The molecule has 1 N–H and O–H groups in total. The topological polar surface area (TPSA) is 69.3 Å². The van der Waals surface area contributed by atoms with Gasteiger partial charge in [0.15, 0.2) is 5.16 Å². The molecular formula is C24H23N3O3S. The number of ether oxygens (including phenoxy) is 1. The van der Waals surface area contributed by atoms with Gasteiger partial charge in [-0.3, -0.25) is 4.79 Å². The number of anilines is 1. The van der Waals surface area contributed by atoms with Crippen LogP contribution in [0.4, 0.5) is 5.69 Å². The number of nitrogens with zero attached hydrogens (tertiary/aromatic N) is 2.